The van der Waals surface area contributed by atoms with Crippen LogP contribution in [0.3, 0.4) is 0 Å². The van der Waals surface area contributed by atoms with Crippen LogP contribution >= 0.6 is 11.7 Å². The Bertz CT molecular complexity index is 873. The van der Waals surface area contributed by atoms with E-state index in [0.717, 1.165) is 37.4 Å². The number of benzene rings is 1. The lowest BCUT2D eigenvalue weighted by atomic mass is 9.94. The predicted molar refractivity (Wildman–Crippen MR) is 101 cm³/mol. The minimum Gasteiger partial charge on any atom is -0.352 e. The van der Waals surface area contributed by atoms with Crippen LogP contribution in [0.5, 0.6) is 0 Å². The van der Waals surface area contributed by atoms with Gasteiger partial charge in [-0.3, -0.25) is 4.79 Å². The molecule has 3 rings (SSSR count). The number of hydrogen-bond acceptors (Lipinski definition) is 6. The molecule has 2 N–H and O–H groups in total. The van der Waals surface area contributed by atoms with Crippen LogP contribution in [0.1, 0.15) is 46.0 Å². The summed E-state index contributed by atoms with van der Waals surface area (Å²) < 4.78 is 36.5. The number of nitrogens with one attached hydrogen (secondary N) is 2. The normalized spacial score (nSPS) is 17.5. The van der Waals surface area contributed by atoms with Crippen molar-refractivity contribution in [3.63, 3.8) is 0 Å². The van der Waals surface area contributed by atoms with E-state index in [-0.39, 0.29) is 22.8 Å². The molecule has 0 saturated heterocycles. The van der Waals surface area contributed by atoms with E-state index in [1.54, 1.807) is 12.1 Å². The van der Waals surface area contributed by atoms with Crippen LogP contribution < -0.4 is 10.0 Å². The molecule has 1 aliphatic rings. The molecule has 9 heteroatoms. The zero-order valence-corrected chi connectivity index (χ0v) is 16.6. The van der Waals surface area contributed by atoms with E-state index in [4.69, 9.17) is 0 Å². The Morgan fingerprint density at radius 3 is 2.62 bits per heavy atom. The number of rotatable bonds is 6. The SMILES string of the molecule is CC(C)[C@@H](NS(=O)(=O)c1cccc2nsnc12)C(=O)NC1CCCCC1. The maximum Gasteiger partial charge on any atom is 0.243 e. The van der Waals surface area contributed by atoms with Crippen LogP contribution in [-0.2, 0) is 14.8 Å². The lowest BCUT2D eigenvalue weighted by Gasteiger charge is -2.27. The summed E-state index contributed by atoms with van der Waals surface area (Å²) in [7, 11) is -3.89. The Labute approximate surface area is 158 Å². The molecule has 0 bridgehead atoms. The van der Waals surface area contributed by atoms with Crippen LogP contribution in [0.2, 0.25) is 0 Å². The fourth-order valence-corrected chi connectivity index (χ4v) is 5.37. The van der Waals surface area contributed by atoms with Crippen molar-refractivity contribution in [1.82, 2.24) is 18.8 Å². The van der Waals surface area contributed by atoms with Gasteiger partial charge in [0.25, 0.3) is 0 Å². The summed E-state index contributed by atoms with van der Waals surface area (Å²) in [5.74, 6) is -0.444. The molecule has 1 fully saturated rings. The number of amides is 1. The first-order chi connectivity index (χ1) is 12.4. The monoisotopic (exact) mass is 396 g/mol. The summed E-state index contributed by atoms with van der Waals surface area (Å²) in [6.45, 7) is 3.66. The van der Waals surface area contributed by atoms with Gasteiger partial charge in [-0.15, -0.1) is 0 Å². The van der Waals surface area contributed by atoms with Crippen molar-refractivity contribution in [3.8, 4) is 0 Å². The standard InChI is InChI=1S/C17H24N4O3S2/c1-11(2)15(17(22)18-12-7-4-3-5-8-12)21-26(23,24)14-10-6-9-13-16(14)20-25-19-13/h6,9-12,15,21H,3-5,7-8H2,1-2H3,(H,18,22)/t15-/m1/s1. The summed E-state index contributed by atoms with van der Waals surface area (Å²) in [4.78, 5) is 12.8. The van der Waals surface area contributed by atoms with Crippen LogP contribution in [0, 0.1) is 5.92 Å². The van der Waals surface area contributed by atoms with E-state index in [1.165, 1.54) is 12.5 Å². The number of carbonyl (C=O) groups is 1. The van der Waals surface area contributed by atoms with Crippen molar-refractivity contribution >= 4 is 38.7 Å². The first-order valence-corrected chi connectivity index (χ1v) is 11.1. The fraction of sp³-hybridized carbons (Fsp3) is 0.588. The molecule has 1 atom stereocenters. The quantitative estimate of drug-likeness (QED) is 0.781. The minimum atomic E-state index is -3.89. The highest BCUT2D eigenvalue weighted by Crippen LogP contribution is 2.22. The van der Waals surface area contributed by atoms with E-state index < -0.39 is 16.1 Å². The number of sulfonamides is 1. The number of carbonyl (C=O) groups excluding carboxylic acids is 1. The highest BCUT2D eigenvalue weighted by Gasteiger charge is 2.31. The van der Waals surface area contributed by atoms with Gasteiger partial charge in [-0.2, -0.15) is 13.5 Å². The van der Waals surface area contributed by atoms with Gasteiger partial charge in [0.2, 0.25) is 15.9 Å². The van der Waals surface area contributed by atoms with Gasteiger partial charge in [0.05, 0.1) is 11.7 Å². The average Bonchev–Trinajstić information content (AvgIpc) is 3.08. The minimum absolute atomic E-state index is 0.0554. The maximum atomic E-state index is 12.9. The summed E-state index contributed by atoms with van der Waals surface area (Å²) in [5, 5.41) is 3.01. The average molecular weight is 397 g/mol. The number of hydrogen-bond donors (Lipinski definition) is 2. The van der Waals surface area contributed by atoms with Gasteiger partial charge >= 0.3 is 0 Å². The lowest BCUT2D eigenvalue weighted by Crippen LogP contribution is -2.52. The van der Waals surface area contributed by atoms with Gasteiger partial charge < -0.3 is 5.32 Å². The molecule has 26 heavy (non-hydrogen) atoms. The third-order valence-corrected chi connectivity index (χ3v) is 6.74. The Morgan fingerprint density at radius 2 is 1.92 bits per heavy atom. The Kier molecular flexibility index (Phi) is 5.89. The van der Waals surface area contributed by atoms with Gasteiger partial charge in [0.15, 0.2) is 0 Å². The van der Waals surface area contributed by atoms with Crippen molar-refractivity contribution in [3.05, 3.63) is 18.2 Å². The molecule has 1 aromatic carbocycles. The highest BCUT2D eigenvalue weighted by atomic mass is 32.2. The topological polar surface area (TPSA) is 101 Å². The first kappa shape index (κ1) is 19.2. The summed E-state index contributed by atoms with van der Waals surface area (Å²) >= 11 is 0.966. The molecule has 0 unspecified atom stereocenters. The summed E-state index contributed by atoms with van der Waals surface area (Å²) in [6.07, 6.45) is 5.29. The first-order valence-electron chi connectivity index (χ1n) is 8.92. The molecule has 7 nitrogen and oxygen atoms in total. The largest absolute Gasteiger partial charge is 0.352 e. The van der Waals surface area contributed by atoms with Gasteiger partial charge in [0, 0.05) is 6.04 Å². The molecule has 0 radical (unpaired) electrons. The van der Waals surface area contributed by atoms with Crippen molar-refractivity contribution in [2.45, 2.75) is 62.9 Å². The zero-order valence-electron chi connectivity index (χ0n) is 14.9. The van der Waals surface area contributed by atoms with E-state index in [0.29, 0.717) is 11.0 Å². The second-order valence-electron chi connectivity index (χ2n) is 7.07. The summed E-state index contributed by atoms with van der Waals surface area (Å²) in [6, 6.07) is 4.14. The van der Waals surface area contributed by atoms with E-state index in [1.807, 2.05) is 13.8 Å². The van der Waals surface area contributed by atoms with Crippen molar-refractivity contribution in [1.29, 1.82) is 0 Å². The molecule has 1 aliphatic carbocycles. The Balaban J connectivity index is 1.80. The zero-order chi connectivity index (χ0) is 18.7. The van der Waals surface area contributed by atoms with Gasteiger partial charge in [-0.25, -0.2) is 8.42 Å². The number of fused-ring (bicyclic) bond motifs is 1. The van der Waals surface area contributed by atoms with Crippen molar-refractivity contribution < 1.29 is 13.2 Å². The van der Waals surface area contributed by atoms with Crippen LogP contribution in [0.4, 0.5) is 0 Å². The lowest BCUT2D eigenvalue weighted by molar-refractivity contribution is -0.124. The Hall–Kier alpha value is -1.58. The molecule has 142 valence electrons. The number of aromatic nitrogens is 2. The smallest absolute Gasteiger partial charge is 0.243 e. The molecule has 0 aliphatic heterocycles. The van der Waals surface area contributed by atoms with E-state index in [9.17, 15) is 13.2 Å². The summed E-state index contributed by atoms with van der Waals surface area (Å²) in [5.41, 5.74) is 0.867. The second-order valence-corrected chi connectivity index (χ2v) is 9.29. The molecule has 0 spiro atoms. The van der Waals surface area contributed by atoms with Crippen LogP contribution in [0.15, 0.2) is 23.1 Å². The number of nitrogens with zero attached hydrogens (tertiary/aromatic N) is 2. The fourth-order valence-electron chi connectivity index (χ4n) is 3.26. The second kappa shape index (κ2) is 7.98. The van der Waals surface area contributed by atoms with Crippen LogP contribution in [-0.4, -0.2) is 35.2 Å². The maximum absolute atomic E-state index is 12.9. The van der Waals surface area contributed by atoms with E-state index in [2.05, 4.69) is 18.8 Å². The van der Waals surface area contributed by atoms with Gasteiger partial charge in [-0.1, -0.05) is 39.2 Å². The van der Waals surface area contributed by atoms with Crippen LogP contribution in [0.25, 0.3) is 11.0 Å². The molecule has 1 amide bonds. The predicted octanol–water partition coefficient (Wildman–Crippen LogP) is 2.44. The van der Waals surface area contributed by atoms with Crippen molar-refractivity contribution in [2.75, 3.05) is 0 Å². The van der Waals surface area contributed by atoms with Crippen molar-refractivity contribution in [2.24, 2.45) is 5.92 Å². The molecular formula is C17H24N4O3S2. The molecule has 1 heterocycles. The third-order valence-electron chi connectivity index (χ3n) is 4.72. The van der Waals surface area contributed by atoms with Gasteiger partial charge in [0.1, 0.15) is 22.0 Å². The highest BCUT2D eigenvalue weighted by molar-refractivity contribution is 7.89. The van der Waals surface area contributed by atoms with Gasteiger partial charge in [-0.05, 0) is 30.9 Å². The van der Waals surface area contributed by atoms with E-state index >= 15 is 0 Å². The molecule has 1 saturated carbocycles. The third kappa shape index (κ3) is 4.21. The molecule has 1 aromatic heterocycles. The molecule has 2 aromatic rings. The molecular weight excluding hydrogens is 372 g/mol. The Morgan fingerprint density at radius 1 is 1.19 bits per heavy atom.